The third kappa shape index (κ3) is 2.70. The van der Waals surface area contributed by atoms with Crippen LogP contribution in [-0.4, -0.2) is 36.4 Å². The lowest BCUT2D eigenvalue weighted by atomic mass is 10.0. The first-order chi connectivity index (χ1) is 11.2. The van der Waals surface area contributed by atoms with E-state index in [4.69, 9.17) is 11.6 Å². The van der Waals surface area contributed by atoms with E-state index in [1.54, 1.807) is 18.2 Å². The molecule has 1 aromatic carbocycles. The number of rotatable bonds is 4. The number of carbonyl (C=O) groups excluding carboxylic acids is 1. The predicted octanol–water partition coefficient (Wildman–Crippen LogP) is 2.57. The highest BCUT2D eigenvalue weighted by atomic mass is 35.5. The predicted molar refractivity (Wildman–Crippen MR) is 82.7 cm³/mol. The highest BCUT2D eigenvalue weighted by molar-refractivity contribution is 6.34. The second kappa shape index (κ2) is 5.51. The van der Waals surface area contributed by atoms with E-state index in [2.05, 4.69) is 30.6 Å². The first-order valence-corrected chi connectivity index (χ1v) is 7.50. The highest BCUT2D eigenvalue weighted by Crippen LogP contribution is 2.35. The third-order valence-corrected chi connectivity index (χ3v) is 4.03. The minimum Gasteiger partial charge on any atom is -0.294 e. The van der Waals surface area contributed by atoms with Crippen molar-refractivity contribution in [3.63, 3.8) is 0 Å². The number of benzene rings is 1. The Balaban J connectivity index is 1.69. The van der Waals surface area contributed by atoms with Gasteiger partial charge in [0.15, 0.2) is 5.78 Å². The Morgan fingerprint density at radius 2 is 2.00 bits per heavy atom. The van der Waals surface area contributed by atoms with Crippen LogP contribution in [-0.2, 0) is 0 Å². The minimum absolute atomic E-state index is 0.122. The number of H-pyrrole nitrogens is 1. The van der Waals surface area contributed by atoms with Gasteiger partial charge < -0.3 is 0 Å². The van der Waals surface area contributed by atoms with Gasteiger partial charge in [-0.2, -0.15) is 5.21 Å². The van der Waals surface area contributed by atoms with E-state index in [1.165, 1.54) is 6.33 Å². The molecule has 1 fully saturated rings. The molecule has 0 bridgehead atoms. The van der Waals surface area contributed by atoms with Gasteiger partial charge in [-0.25, -0.2) is 9.97 Å². The zero-order valence-electron chi connectivity index (χ0n) is 11.9. The monoisotopic (exact) mass is 326 g/mol. The number of halogens is 1. The first kappa shape index (κ1) is 14.0. The summed E-state index contributed by atoms with van der Waals surface area (Å²) in [6.07, 6.45) is 3.34. The summed E-state index contributed by atoms with van der Waals surface area (Å²) in [7, 11) is 0. The summed E-state index contributed by atoms with van der Waals surface area (Å²) < 4.78 is 0. The molecular formula is C15H11ClN6O. The number of hydrogen-bond donors (Lipinski definition) is 1. The molecule has 1 aliphatic carbocycles. The van der Waals surface area contributed by atoms with Crippen LogP contribution >= 0.6 is 11.6 Å². The van der Waals surface area contributed by atoms with E-state index < -0.39 is 0 Å². The molecule has 0 atom stereocenters. The summed E-state index contributed by atoms with van der Waals surface area (Å²) in [5, 5.41) is 14.1. The maximum absolute atomic E-state index is 12.1. The van der Waals surface area contributed by atoms with Crippen molar-refractivity contribution < 1.29 is 4.79 Å². The topological polar surface area (TPSA) is 97.3 Å². The summed E-state index contributed by atoms with van der Waals surface area (Å²) in [6, 6.07) is 7.09. The molecule has 114 valence electrons. The molecule has 0 radical (unpaired) electrons. The van der Waals surface area contributed by atoms with Crippen LogP contribution in [0, 0.1) is 5.92 Å². The van der Waals surface area contributed by atoms with E-state index in [-0.39, 0.29) is 11.7 Å². The summed E-state index contributed by atoms with van der Waals surface area (Å²) in [5.41, 5.74) is 2.60. The van der Waals surface area contributed by atoms with Crippen molar-refractivity contribution in [1.82, 2.24) is 30.6 Å². The molecule has 0 amide bonds. The number of nitrogens with one attached hydrogen (secondary N) is 1. The van der Waals surface area contributed by atoms with E-state index in [0.717, 1.165) is 18.4 Å². The first-order valence-electron chi connectivity index (χ1n) is 7.12. The molecule has 7 nitrogen and oxygen atoms in total. The van der Waals surface area contributed by atoms with Crippen molar-refractivity contribution in [3.05, 3.63) is 41.2 Å². The lowest BCUT2D eigenvalue weighted by molar-refractivity contribution is 0.0968. The molecule has 2 heterocycles. The Morgan fingerprint density at radius 3 is 2.70 bits per heavy atom. The fourth-order valence-electron chi connectivity index (χ4n) is 2.35. The number of carbonyl (C=O) groups is 1. The van der Waals surface area contributed by atoms with Crippen molar-refractivity contribution in [1.29, 1.82) is 0 Å². The molecule has 1 saturated carbocycles. The van der Waals surface area contributed by atoms with Crippen LogP contribution in [0.2, 0.25) is 5.02 Å². The minimum atomic E-state index is 0.122. The van der Waals surface area contributed by atoms with Gasteiger partial charge in [-0.15, -0.1) is 10.2 Å². The number of Topliss-reactive ketones (excluding diaryl/α,β-unsaturated/α-hetero) is 1. The molecule has 23 heavy (non-hydrogen) atoms. The number of tetrazole rings is 1. The van der Waals surface area contributed by atoms with Crippen molar-refractivity contribution in [2.75, 3.05) is 0 Å². The van der Waals surface area contributed by atoms with Crippen molar-refractivity contribution >= 4 is 17.4 Å². The molecule has 0 unspecified atom stereocenters. The number of aromatic amines is 1. The van der Waals surface area contributed by atoms with Crippen LogP contribution in [0.1, 0.15) is 23.2 Å². The Labute approximate surface area is 136 Å². The van der Waals surface area contributed by atoms with Gasteiger partial charge in [0, 0.05) is 17.0 Å². The SMILES string of the molecule is O=C(c1ccc(-c2cc(-c3nn[nH]n3)ncn2)cc1Cl)C1CC1. The molecule has 2 aromatic heterocycles. The number of nitrogens with zero attached hydrogens (tertiary/aromatic N) is 5. The quantitative estimate of drug-likeness (QED) is 0.740. The van der Waals surface area contributed by atoms with Gasteiger partial charge in [-0.1, -0.05) is 17.7 Å². The van der Waals surface area contributed by atoms with E-state index >= 15 is 0 Å². The number of hydrogen-bond acceptors (Lipinski definition) is 6. The van der Waals surface area contributed by atoms with Crippen molar-refractivity contribution in [3.8, 4) is 22.8 Å². The Hall–Kier alpha value is -2.67. The fourth-order valence-corrected chi connectivity index (χ4v) is 2.62. The Bertz CT molecular complexity index is 875. The normalized spacial score (nSPS) is 14.0. The van der Waals surface area contributed by atoms with Crippen LogP contribution in [0.25, 0.3) is 22.8 Å². The maximum Gasteiger partial charge on any atom is 0.223 e. The second-order valence-corrected chi connectivity index (χ2v) is 5.76. The standard InChI is InChI=1S/C15H11ClN6O/c16-11-5-9(3-4-10(11)14(23)8-1-2-8)12-6-13(18-7-17-12)15-19-21-22-20-15/h3-8H,1-2H2,(H,19,20,21,22). The number of aromatic nitrogens is 6. The van der Waals surface area contributed by atoms with Crippen molar-refractivity contribution in [2.24, 2.45) is 5.92 Å². The van der Waals surface area contributed by atoms with Gasteiger partial charge >= 0.3 is 0 Å². The van der Waals surface area contributed by atoms with E-state index in [0.29, 0.717) is 27.8 Å². The molecule has 3 aromatic rings. The van der Waals surface area contributed by atoms with Crippen LogP contribution in [0.4, 0.5) is 0 Å². The van der Waals surface area contributed by atoms with Crippen LogP contribution in [0.15, 0.2) is 30.6 Å². The second-order valence-electron chi connectivity index (χ2n) is 5.36. The zero-order valence-corrected chi connectivity index (χ0v) is 12.7. The smallest absolute Gasteiger partial charge is 0.223 e. The van der Waals surface area contributed by atoms with Gasteiger partial charge in [0.1, 0.15) is 12.0 Å². The number of ketones is 1. The lowest BCUT2D eigenvalue weighted by Gasteiger charge is -2.06. The average molecular weight is 327 g/mol. The highest BCUT2D eigenvalue weighted by Gasteiger charge is 2.31. The summed E-state index contributed by atoms with van der Waals surface area (Å²) in [5.74, 6) is 0.652. The van der Waals surface area contributed by atoms with Crippen LogP contribution in [0.5, 0.6) is 0 Å². The molecule has 0 saturated heterocycles. The van der Waals surface area contributed by atoms with Crippen LogP contribution < -0.4 is 0 Å². The maximum atomic E-state index is 12.1. The molecule has 0 aliphatic heterocycles. The largest absolute Gasteiger partial charge is 0.294 e. The Kier molecular flexibility index (Phi) is 3.34. The zero-order chi connectivity index (χ0) is 15.8. The average Bonchev–Trinajstić information content (AvgIpc) is 3.28. The van der Waals surface area contributed by atoms with E-state index in [9.17, 15) is 4.79 Å². The van der Waals surface area contributed by atoms with Crippen molar-refractivity contribution in [2.45, 2.75) is 12.8 Å². The third-order valence-electron chi connectivity index (χ3n) is 3.72. The molecule has 0 spiro atoms. The van der Waals surface area contributed by atoms with Crippen LogP contribution in [0.3, 0.4) is 0 Å². The molecule has 1 N–H and O–H groups in total. The molecule has 1 aliphatic rings. The molecular weight excluding hydrogens is 316 g/mol. The summed E-state index contributed by atoms with van der Waals surface area (Å²) in [4.78, 5) is 20.5. The van der Waals surface area contributed by atoms with E-state index in [1.807, 2.05) is 6.07 Å². The van der Waals surface area contributed by atoms with Gasteiger partial charge in [0.25, 0.3) is 0 Å². The van der Waals surface area contributed by atoms with Gasteiger partial charge in [0.2, 0.25) is 5.82 Å². The lowest BCUT2D eigenvalue weighted by Crippen LogP contribution is -2.02. The van der Waals surface area contributed by atoms with Gasteiger partial charge in [-0.05, 0) is 36.3 Å². The summed E-state index contributed by atoms with van der Waals surface area (Å²) >= 11 is 6.28. The van der Waals surface area contributed by atoms with Gasteiger partial charge in [0.05, 0.1) is 10.7 Å². The molecule has 8 heteroatoms. The summed E-state index contributed by atoms with van der Waals surface area (Å²) in [6.45, 7) is 0. The van der Waals surface area contributed by atoms with Gasteiger partial charge in [-0.3, -0.25) is 4.79 Å². The molecule has 4 rings (SSSR count). The fraction of sp³-hybridized carbons (Fsp3) is 0.200. The Morgan fingerprint density at radius 1 is 1.17 bits per heavy atom.